The van der Waals surface area contributed by atoms with E-state index < -0.39 is 5.97 Å². The monoisotopic (exact) mass is 321 g/mol. The van der Waals surface area contributed by atoms with Crippen molar-refractivity contribution in [3.8, 4) is 0 Å². The second-order valence-corrected chi connectivity index (χ2v) is 4.91. The summed E-state index contributed by atoms with van der Waals surface area (Å²) in [6.45, 7) is 1.66. The average molecular weight is 322 g/mol. The molecule has 4 nitrogen and oxygen atoms in total. The molecule has 0 fully saturated rings. The Labute approximate surface area is 119 Å². The number of halogens is 1. The Morgan fingerprint density at radius 2 is 2.21 bits per heavy atom. The van der Waals surface area contributed by atoms with Crippen LogP contribution in [0.4, 0.5) is 0 Å². The number of aliphatic hydroxyl groups excluding tert-OH is 1. The first-order valence-corrected chi connectivity index (χ1v) is 6.37. The van der Waals surface area contributed by atoms with Crippen molar-refractivity contribution in [2.75, 3.05) is 7.11 Å². The molecule has 98 valence electrons. The molecule has 0 aliphatic carbocycles. The summed E-state index contributed by atoms with van der Waals surface area (Å²) in [6, 6.07) is 7.55. The maximum Gasteiger partial charge on any atom is 0.343 e. The van der Waals surface area contributed by atoms with Crippen molar-refractivity contribution in [2.45, 2.75) is 6.92 Å². The fourth-order valence-corrected chi connectivity index (χ4v) is 2.21. The lowest BCUT2D eigenvalue weighted by Gasteiger charge is -2.00. The van der Waals surface area contributed by atoms with Crippen LogP contribution in [0.15, 0.2) is 50.8 Å². The zero-order valence-electron chi connectivity index (χ0n) is 10.5. The van der Waals surface area contributed by atoms with Gasteiger partial charge in [-0.3, -0.25) is 0 Å². The fourth-order valence-electron chi connectivity index (χ4n) is 1.79. The third-order valence-electron chi connectivity index (χ3n) is 2.67. The number of aliphatic imine (C=N–C) groups is 1. The van der Waals surface area contributed by atoms with Crippen LogP contribution in [0.3, 0.4) is 0 Å². The Hall–Kier alpha value is -1.88. The van der Waals surface area contributed by atoms with Gasteiger partial charge in [0.25, 0.3) is 0 Å². The molecule has 2 rings (SSSR count). The Bertz CT molecular complexity index is 629. The number of ether oxygens (including phenoxy) is 1. The van der Waals surface area contributed by atoms with Crippen LogP contribution in [0, 0.1) is 0 Å². The maximum atomic E-state index is 11.5. The second-order valence-electron chi connectivity index (χ2n) is 4.00. The molecule has 1 heterocycles. The molecule has 0 atom stereocenters. The van der Waals surface area contributed by atoms with Crippen LogP contribution >= 0.6 is 15.9 Å². The van der Waals surface area contributed by atoms with Gasteiger partial charge >= 0.3 is 5.97 Å². The first-order chi connectivity index (χ1) is 9.02. The molecule has 1 N–H and O–H groups in total. The molecule has 1 aromatic rings. The lowest BCUT2D eigenvalue weighted by molar-refractivity contribution is -0.135. The third-order valence-corrected chi connectivity index (χ3v) is 3.16. The van der Waals surface area contributed by atoms with Gasteiger partial charge in [0, 0.05) is 4.47 Å². The Balaban J connectivity index is 2.43. The van der Waals surface area contributed by atoms with Crippen molar-refractivity contribution in [1.82, 2.24) is 0 Å². The van der Waals surface area contributed by atoms with Gasteiger partial charge in [-0.25, -0.2) is 9.79 Å². The number of methoxy groups -OCH3 is 1. The highest BCUT2D eigenvalue weighted by Crippen LogP contribution is 2.26. The van der Waals surface area contributed by atoms with Gasteiger partial charge in [-0.15, -0.1) is 0 Å². The normalized spacial score (nSPS) is 16.8. The molecule has 1 aliphatic heterocycles. The number of aliphatic hydroxyl groups is 1. The third kappa shape index (κ3) is 2.76. The van der Waals surface area contributed by atoms with E-state index in [0.29, 0.717) is 11.4 Å². The molecular formula is C14H12BrNO3. The van der Waals surface area contributed by atoms with Crippen molar-refractivity contribution in [1.29, 1.82) is 0 Å². The summed E-state index contributed by atoms with van der Waals surface area (Å²) in [5.41, 5.74) is 1.80. The highest BCUT2D eigenvalue weighted by molar-refractivity contribution is 9.10. The van der Waals surface area contributed by atoms with Crippen LogP contribution in [0.5, 0.6) is 0 Å². The van der Waals surface area contributed by atoms with Crippen LogP contribution < -0.4 is 0 Å². The molecule has 0 saturated carbocycles. The van der Waals surface area contributed by atoms with Gasteiger partial charge in [0.05, 0.1) is 12.8 Å². The van der Waals surface area contributed by atoms with E-state index in [1.165, 1.54) is 7.11 Å². The van der Waals surface area contributed by atoms with Gasteiger partial charge in [0.1, 0.15) is 11.3 Å². The highest BCUT2D eigenvalue weighted by atomic mass is 79.9. The summed E-state index contributed by atoms with van der Waals surface area (Å²) in [4.78, 5) is 15.7. The van der Waals surface area contributed by atoms with E-state index in [2.05, 4.69) is 25.7 Å². The van der Waals surface area contributed by atoms with Crippen LogP contribution in [-0.4, -0.2) is 23.9 Å². The summed E-state index contributed by atoms with van der Waals surface area (Å²) in [5.74, 6) is -0.735. The standard InChI is InChI=1S/C14H12BrNO3/c1-8-12(14(18)19-2)13(17)11(16-8)7-9-4-3-5-10(15)6-9/h3-7,17H,1-2H3. The summed E-state index contributed by atoms with van der Waals surface area (Å²) in [5, 5.41) is 10.0. The van der Waals surface area contributed by atoms with Gasteiger partial charge in [-0.2, -0.15) is 0 Å². The number of carbonyl (C=O) groups excluding carboxylic acids is 1. The van der Waals surface area contributed by atoms with Crippen LogP contribution in [0.25, 0.3) is 6.08 Å². The van der Waals surface area contributed by atoms with Gasteiger partial charge in [0.2, 0.25) is 0 Å². The van der Waals surface area contributed by atoms with Crippen molar-refractivity contribution < 1.29 is 14.6 Å². The minimum atomic E-state index is -0.587. The van der Waals surface area contributed by atoms with Gasteiger partial charge in [0.15, 0.2) is 5.76 Å². The number of hydrogen-bond donors (Lipinski definition) is 1. The van der Waals surface area contributed by atoms with E-state index in [1.54, 1.807) is 13.0 Å². The number of nitrogens with zero attached hydrogens (tertiary/aromatic N) is 1. The minimum absolute atomic E-state index is 0.115. The summed E-state index contributed by atoms with van der Waals surface area (Å²) in [7, 11) is 1.27. The van der Waals surface area contributed by atoms with Crippen molar-refractivity contribution in [3.05, 3.63) is 51.3 Å². The summed E-state index contributed by atoms with van der Waals surface area (Å²) < 4.78 is 5.55. The predicted molar refractivity (Wildman–Crippen MR) is 76.9 cm³/mol. The molecule has 0 saturated heterocycles. The van der Waals surface area contributed by atoms with Gasteiger partial charge < -0.3 is 9.84 Å². The largest absolute Gasteiger partial charge is 0.505 e. The van der Waals surface area contributed by atoms with E-state index in [1.807, 2.05) is 24.3 Å². The van der Waals surface area contributed by atoms with Gasteiger partial charge in [-0.1, -0.05) is 28.1 Å². The van der Waals surface area contributed by atoms with E-state index in [9.17, 15) is 9.90 Å². The Morgan fingerprint density at radius 3 is 2.84 bits per heavy atom. The molecule has 0 bridgehead atoms. The number of esters is 1. The highest BCUT2D eigenvalue weighted by Gasteiger charge is 2.27. The zero-order chi connectivity index (χ0) is 14.0. The minimum Gasteiger partial charge on any atom is -0.505 e. The molecule has 5 heteroatoms. The molecular weight excluding hydrogens is 310 g/mol. The second kappa shape index (κ2) is 5.40. The Morgan fingerprint density at radius 1 is 1.47 bits per heavy atom. The van der Waals surface area contributed by atoms with Crippen molar-refractivity contribution in [3.63, 3.8) is 0 Å². The molecule has 1 aromatic carbocycles. The summed E-state index contributed by atoms with van der Waals surface area (Å²) in [6.07, 6.45) is 1.71. The molecule has 1 aliphatic rings. The molecule has 0 radical (unpaired) electrons. The quantitative estimate of drug-likeness (QED) is 0.850. The number of carbonyl (C=O) groups is 1. The van der Waals surface area contributed by atoms with Crippen LogP contribution in [0.2, 0.25) is 0 Å². The topological polar surface area (TPSA) is 58.9 Å². The lowest BCUT2D eigenvalue weighted by atomic mass is 10.1. The van der Waals surface area contributed by atoms with Crippen molar-refractivity contribution >= 4 is 33.7 Å². The predicted octanol–water partition coefficient (Wildman–Crippen LogP) is 3.25. The number of benzene rings is 1. The Kier molecular flexibility index (Phi) is 3.85. The number of hydrogen-bond acceptors (Lipinski definition) is 4. The van der Waals surface area contributed by atoms with Gasteiger partial charge in [-0.05, 0) is 30.7 Å². The molecule has 19 heavy (non-hydrogen) atoms. The number of rotatable bonds is 2. The first-order valence-electron chi connectivity index (χ1n) is 5.58. The average Bonchev–Trinajstić information content (AvgIpc) is 2.64. The van der Waals surface area contributed by atoms with Crippen LogP contribution in [0.1, 0.15) is 12.5 Å². The smallest absolute Gasteiger partial charge is 0.343 e. The SMILES string of the molecule is COC(=O)C1=C(O)C(=Cc2cccc(Br)c2)N=C1C. The molecule has 0 unspecified atom stereocenters. The molecule has 0 amide bonds. The van der Waals surface area contributed by atoms with E-state index in [4.69, 9.17) is 0 Å². The van der Waals surface area contributed by atoms with Crippen molar-refractivity contribution in [2.24, 2.45) is 4.99 Å². The van der Waals surface area contributed by atoms with E-state index in [-0.39, 0.29) is 11.3 Å². The first kappa shape index (κ1) is 13.5. The molecule has 0 aromatic heterocycles. The van der Waals surface area contributed by atoms with E-state index in [0.717, 1.165) is 10.0 Å². The zero-order valence-corrected chi connectivity index (χ0v) is 12.1. The maximum absolute atomic E-state index is 11.5. The van der Waals surface area contributed by atoms with Crippen LogP contribution in [-0.2, 0) is 9.53 Å². The fraction of sp³-hybridized carbons (Fsp3) is 0.143. The van der Waals surface area contributed by atoms with E-state index >= 15 is 0 Å². The molecule has 0 spiro atoms. The summed E-state index contributed by atoms with van der Waals surface area (Å²) >= 11 is 3.37. The lowest BCUT2D eigenvalue weighted by Crippen LogP contribution is -2.11.